The van der Waals surface area contributed by atoms with E-state index in [2.05, 4.69) is 15.3 Å². The van der Waals surface area contributed by atoms with Gasteiger partial charge in [0.05, 0.1) is 0 Å². The van der Waals surface area contributed by atoms with Gasteiger partial charge in [-0.05, 0) is 37.2 Å². The largest absolute Gasteiger partial charge is 0.383 e. The van der Waals surface area contributed by atoms with Crippen molar-refractivity contribution >= 4 is 5.82 Å². The van der Waals surface area contributed by atoms with Gasteiger partial charge < -0.3 is 11.1 Å². The topological polar surface area (TPSA) is 63.8 Å². The van der Waals surface area contributed by atoms with Crippen LogP contribution < -0.4 is 11.1 Å². The molecule has 4 heteroatoms. The molecule has 1 atom stereocenters. The molecule has 3 N–H and O–H groups in total. The van der Waals surface area contributed by atoms with Crippen molar-refractivity contribution < 1.29 is 0 Å². The van der Waals surface area contributed by atoms with Gasteiger partial charge in [-0.25, -0.2) is 4.98 Å². The molecular formula is C14H18N4. The van der Waals surface area contributed by atoms with Gasteiger partial charge in [0.15, 0.2) is 0 Å². The fourth-order valence-electron chi connectivity index (χ4n) is 1.94. The van der Waals surface area contributed by atoms with E-state index in [1.807, 2.05) is 43.6 Å². The molecule has 0 aromatic carbocycles. The molecule has 2 aromatic rings. The van der Waals surface area contributed by atoms with E-state index in [0.29, 0.717) is 11.9 Å². The zero-order chi connectivity index (χ0) is 12.8. The van der Waals surface area contributed by atoms with Gasteiger partial charge >= 0.3 is 0 Å². The summed E-state index contributed by atoms with van der Waals surface area (Å²) in [4.78, 5) is 8.45. The van der Waals surface area contributed by atoms with Gasteiger partial charge in [0.2, 0.25) is 0 Å². The number of anilines is 1. The highest BCUT2D eigenvalue weighted by atomic mass is 14.9. The predicted octanol–water partition coefficient (Wildman–Crippen LogP) is 1.43. The van der Waals surface area contributed by atoms with E-state index in [0.717, 1.165) is 24.1 Å². The van der Waals surface area contributed by atoms with Gasteiger partial charge in [-0.3, -0.25) is 4.98 Å². The summed E-state index contributed by atoms with van der Waals surface area (Å²) in [7, 11) is 1.96. The Balaban J connectivity index is 2.04. The molecule has 18 heavy (non-hydrogen) atoms. The van der Waals surface area contributed by atoms with Crippen molar-refractivity contribution in [1.29, 1.82) is 0 Å². The minimum absolute atomic E-state index is 0.311. The first-order valence-electron chi connectivity index (χ1n) is 6.06. The Bertz CT molecular complexity index is 484. The maximum atomic E-state index is 5.86. The van der Waals surface area contributed by atoms with Crippen molar-refractivity contribution in [3.05, 3.63) is 54.0 Å². The van der Waals surface area contributed by atoms with E-state index < -0.39 is 0 Å². The average molecular weight is 242 g/mol. The first-order chi connectivity index (χ1) is 8.79. The summed E-state index contributed by atoms with van der Waals surface area (Å²) in [5, 5.41) is 3.30. The van der Waals surface area contributed by atoms with Crippen molar-refractivity contribution in [2.24, 2.45) is 0 Å². The third-order valence-electron chi connectivity index (χ3n) is 2.98. The molecule has 0 fully saturated rings. The molecule has 0 aliphatic rings. The van der Waals surface area contributed by atoms with Crippen LogP contribution in [0.15, 0.2) is 42.7 Å². The molecule has 0 saturated heterocycles. The fraction of sp³-hybridized carbons (Fsp3) is 0.286. The number of nitrogens with two attached hydrogens (primary N) is 1. The molecule has 2 aromatic heterocycles. The molecule has 0 bridgehead atoms. The van der Waals surface area contributed by atoms with Crippen LogP contribution in [0.5, 0.6) is 0 Å². The zero-order valence-corrected chi connectivity index (χ0v) is 10.5. The Morgan fingerprint density at radius 3 is 2.61 bits per heavy atom. The number of nitrogen functional groups attached to an aromatic ring is 1. The maximum absolute atomic E-state index is 5.86. The molecule has 4 nitrogen and oxygen atoms in total. The summed E-state index contributed by atoms with van der Waals surface area (Å²) in [6.45, 7) is 0. The number of hydrogen-bond acceptors (Lipinski definition) is 4. The highest BCUT2D eigenvalue weighted by Crippen LogP contribution is 2.12. The van der Waals surface area contributed by atoms with E-state index in [1.54, 1.807) is 6.20 Å². The molecule has 1 unspecified atom stereocenters. The van der Waals surface area contributed by atoms with Gasteiger partial charge in [0.25, 0.3) is 0 Å². The Kier molecular flexibility index (Phi) is 4.25. The SMILES string of the molecule is CNC(Cc1ccccn1)Cc1cccnc1N. The summed E-state index contributed by atoms with van der Waals surface area (Å²) in [5.74, 6) is 0.610. The van der Waals surface area contributed by atoms with Crippen LogP contribution >= 0.6 is 0 Å². The Morgan fingerprint density at radius 2 is 1.94 bits per heavy atom. The first kappa shape index (κ1) is 12.5. The number of pyridine rings is 2. The molecule has 2 heterocycles. The van der Waals surface area contributed by atoms with Crippen molar-refractivity contribution in [1.82, 2.24) is 15.3 Å². The smallest absolute Gasteiger partial charge is 0.126 e. The minimum Gasteiger partial charge on any atom is -0.383 e. The van der Waals surface area contributed by atoms with Gasteiger partial charge in [0.1, 0.15) is 5.82 Å². The third kappa shape index (κ3) is 3.28. The number of hydrogen-bond donors (Lipinski definition) is 2. The van der Waals surface area contributed by atoms with E-state index in [-0.39, 0.29) is 0 Å². The first-order valence-corrected chi connectivity index (χ1v) is 6.06. The van der Waals surface area contributed by atoms with Gasteiger partial charge in [-0.2, -0.15) is 0 Å². The lowest BCUT2D eigenvalue weighted by Gasteiger charge is -2.16. The second-order valence-electron chi connectivity index (χ2n) is 4.26. The Hall–Kier alpha value is -1.94. The van der Waals surface area contributed by atoms with E-state index in [9.17, 15) is 0 Å². The highest BCUT2D eigenvalue weighted by Gasteiger charge is 2.11. The van der Waals surface area contributed by atoms with Crippen LogP contribution in [0.1, 0.15) is 11.3 Å². The summed E-state index contributed by atoms with van der Waals surface area (Å²) in [6, 6.07) is 10.2. The van der Waals surface area contributed by atoms with Crippen LogP contribution in [-0.2, 0) is 12.8 Å². The standard InChI is InChI=1S/C14H18N4/c1-16-13(10-12-6-2-3-7-17-12)9-11-5-4-8-18-14(11)15/h2-8,13,16H,9-10H2,1H3,(H2,15,18). The molecule has 94 valence electrons. The number of rotatable bonds is 5. The molecule has 0 aliphatic heterocycles. The van der Waals surface area contributed by atoms with Crippen LogP contribution in [-0.4, -0.2) is 23.1 Å². The van der Waals surface area contributed by atoms with Crippen molar-refractivity contribution in [3.8, 4) is 0 Å². The summed E-state index contributed by atoms with van der Waals surface area (Å²) in [6.07, 6.45) is 5.27. The van der Waals surface area contributed by atoms with Crippen LogP contribution in [0.3, 0.4) is 0 Å². The van der Waals surface area contributed by atoms with Crippen LogP contribution in [0.2, 0.25) is 0 Å². The monoisotopic (exact) mass is 242 g/mol. The normalized spacial score (nSPS) is 12.3. The minimum atomic E-state index is 0.311. The predicted molar refractivity (Wildman–Crippen MR) is 73.1 cm³/mol. The van der Waals surface area contributed by atoms with Crippen molar-refractivity contribution in [2.45, 2.75) is 18.9 Å². The molecule has 0 aliphatic carbocycles. The summed E-state index contributed by atoms with van der Waals surface area (Å²) >= 11 is 0. The molecular weight excluding hydrogens is 224 g/mol. The Morgan fingerprint density at radius 1 is 1.11 bits per heavy atom. The van der Waals surface area contributed by atoms with Crippen LogP contribution in [0, 0.1) is 0 Å². The second kappa shape index (κ2) is 6.12. The molecule has 0 spiro atoms. The quantitative estimate of drug-likeness (QED) is 0.832. The number of nitrogens with zero attached hydrogens (tertiary/aromatic N) is 2. The summed E-state index contributed by atoms with van der Waals surface area (Å²) < 4.78 is 0. The lowest BCUT2D eigenvalue weighted by Crippen LogP contribution is -2.30. The van der Waals surface area contributed by atoms with Crippen molar-refractivity contribution in [2.75, 3.05) is 12.8 Å². The second-order valence-corrected chi connectivity index (χ2v) is 4.26. The van der Waals surface area contributed by atoms with Crippen LogP contribution in [0.25, 0.3) is 0 Å². The lowest BCUT2D eigenvalue weighted by molar-refractivity contribution is 0.550. The Labute approximate surface area is 107 Å². The van der Waals surface area contributed by atoms with Crippen LogP contribution in [0.4, 0.5) is 5.82 Å². The molecule has 0 radical (unpaired) electrons. The van der Waals surface area contributed by atoms with E-state index >= 15 is 0 Å². The highest BCUT2D eigenvalue weighted by molar-refractivity contribution is 5.39. The molecule has 0 amide bonds. The van der Waals surface area contributed by atoms with Gasteiger partial charge in [-0.1, -0.05) is 12.1 Å². The third-order valence-corrected chi connectivity index (χ3v) is 2.98. The summed E-state index contributed by atoms with van der Waals surface area (Å²) in [5.41, 5.74) is 8.02. The van der Waals surface area contributed by atoms with E-state index in [4.69, 9.17) is 5.73 Å². The molecule has 0 saturated carbocycles. The number of nitrogens with one attached hydrogen (secondary N) is 1. The number of aromatic nitrogens is 2. The average Bonchev–Trinajstić information content (AvgIpc) is 2.41. The van der Waals surface area contributed by atoms with Gasteiger partial charge in [0, 0.05) is 30.6 Å². The lowest BCUT2D eigenvalue weighted by atomic mass is 10.0. The molecule has 2 rings (SSSR count). The zero-order valence-electron chi connectivity index (χ0n) is 10.5. The fourth-order valence-corrected chi connectivity index (χ4v) is 1.94. The number of likely N-dealkylation sites (N-methyl/N-ethyl adjacent to an activating group) is 1. The van der Waals surface area contributed by atoms with E-state index in [1.165, 1.54) is 0 Å². The van der Waals surface area contributed by atoms with Gasteiger partial charge in [-0.15, -0.1) is 0 Å². The van der Waals surface area contributed by atoms with Crippen molar-refractivity contribution in [3.63, 3.8) is 0 Å². The maximum Gasteiger partial charge on any atom is 0.126 e.